The molecule has 0 amide bonds. The first-order chi connectivity index (χ1) is 21.7. The summed E-state index contributed by atoms with van der Waals surface area (Å²) in [5.41, 5.74) is 6.09. The molecule has 0 N–H and O–H groups in total. The van der Waals surface area contributed by atoms with Gasteiger partial charge in [-0.3, -0.25) is 0 Å². The third-order valence-electron chi connectivity index (χ3n) is 9.02. The molecule has 0 spiro atoms. The Balaban J connectivity index is 1.78. The number of hydrogen-bond donors (Lipinski definition) is 0. The topological polar surface area (TPSA) is 13.1 Å². The Kier molecular flexibility index (Phi) is 6.30. The Hall–Kier alpha value is -4.36. The first-order valence-corrected chi connectivity index (χ1v) is 14.4. The van der Waals surface area contributed by atoms with Crippen LogP contribution < -0.4 is 43.7 Å². The molecule has 45 heavy (non-hydrogen) atoms. The Morgan fingerprint density at radius 3 is 1.44 bits per heavy atom. The number of rotatable bonds is 2. The summed E-state index contributed by atoms with van der Waals surface area (Å²) >= 11 is 0. The fourth-order valence-corrected chi connectivity index (χ4v) is 6.87. The molecule has 0 unspecified atom stereocenters. The van der Waals surface area contributed by atoms with Gasteiger partial charge in [0.2, 0.25) is 0 Å². The zero-order valence-electron chi connectivity index (χ0n) is 24.1. The third-order valence-corrected chi connectivity index (χ3v) is 9.02. The van der Waals surface area contributed by atoms with Gasteiger partial charge in [0.25, 0.3) is 0 Å². The Morgan fingerprint density at radius 1 is 0.400 bits per heavy atom. The van der Waals surface area contributed by atoms with Crippen LogP contribution in [0.2, 0.25) is 0 Å². The molecule has 9 heteroatoms. The van der Waals surface area contributed by atoms with E-state index in [0.717, 1.165) is 38.3 Å². The maximum absolute atomic E-state index is 6.95. The van der Waals surface area contributed by atoms with Gasteiger partial charge in [-0.25, -0.2) is 0 Å². The quantitative estimate of drug-likeness (QED) is 0.229. The number of para-hydroxylation sites is 1. The lowest BCUT2D eigenvalue weighted by atomic mass is 9.59. The maximum atomic E-state index is 6.95. The zero-order valence-corrected chi connectivity index (χ0v) is 24.1. The van der Waals surface area contributed by atoms with Crippen LogP contribution >= 0.6 is 0 Å². The van der Waals surface area contributed by atoms with Gasteiger partial charge in [-0.1, -0.05) is 94.6 Å². The van der Waals surface area contributed by atoms with Crippen LogP contribution in [0.15, 0.2) is 89.3 Å². The van der Waals surface area contributed by atoms with Gasteiger partial charge in [0.05, 0.1) is 0 Å². The second kappa shape index (κ2) is 10.1. The van der Waals surface area contributed by atoms with Crippen molar-refractivity contribution in [3.63, 3.8) is 0 Å². The molecule has 7 aromatic carbocycles. The molecule has 1 nitrogen and oxygen atoms in total. The lowest BCUT2D eigenvalue weighted by molar-refractivity contribution is 0.673. The average molecular weight is 549 g/mol. The van der Waals surface area contributed by atoms with Gasteiger partial charge >= 0.3 is 0 Å². The number of hydrogen-bond acceptors (Lipinski definition) is 1. The van der Waals surface area contributed by atoms with Crippen molar-refractivity contribution >= 4 is 161 Å². The summed E-state index contributed by atoms with van der Waals surface area (Å²) in [6, 6.07) is 27.7. The molecular formula is C36H14B8O. The fourth-order valence-electron chi connectivity index (χ4n) is 6.87. The Morgan fingerprint density at radius 2 is 0.867 bits per heavy atom. The van der Waals surface area contributed by atoms with E-state index < -0.39 is 0 Å². The van der Waals surface area contributed by atoms with Crippen LogP contribution in [0.3, 0.4) is 0 Å². The standard InChI is InChI=1S/C36H14B8O/c37-28-24-21(15-8-2-1-3-9-15)25-27(31(40)35(44)33(42)29(25)38)23(26(24)30(39)34(43)32(28)41)19-14-16-10-4-5-11-17(16)36-22(19)18-12-6-7-13-20(18)45-36/h1-14H. The molecule has 1 heterocycles. The molecule has 0 saturated heterocycles. The van der Waals surface area contributed by atoms with Crippen molar-refractivity contribution in [1.82, 2.24) is 0 Å². The van der Waals surface area contributed by atoms with Gasteiger partial charge in [0, 0.05) is 16.2 Å². The lowest BCUT2D eigenvalue weighted by Crippen LogP contribution is -2.50. The van der Waals surface area contributed by atoms with Gasteiger partial charge in [-0.2, -0.15) is 0 Å². The minimum Gasteiger partial charge on any atom is -0.455 e. The average Bonchev–Trinajstić information content (AvgIpc) is 3.47. The van der Waals surface area contributed by atoms with E-state index in [4.69, 9.17) is 67.2 Å². The highest BCUT2D eigenvalue weighted by atomic mass is 16.3. The van der Waals surface area contributed by atoms with Crippen molar-refractivity contribution in [2.24, 2.45) is 0 Å². The van der Waals surface area contributed by atoms with Gasteiger partial charge in [-0.15, -0.1) is 21.9 Å². The molecule has 8 rings (SSSR count). The van der Waals surface area contributed by atoms with Crippen molar-refractivity contribution in [1.29, 1.82) is 0 Å². The van der Waals surface area contributed by atoms with Gasteiger partial charge in [-0.05, 0) is 61.3 Å². The molecule has 8 aromatic rings. The van der Waals surface area contributed by atoms with E-state index in [1.807, 2.05) is 78.9 Å². The second-order valence-corrected chi connectivity index (χ2v) is 11.4. The van der Waals surface area contributed by atoms with Crippen molar-refractivity contribution in [2.45, 2.75) is 0 Å². The van der Waals surface area contributed by atoms with Crippen LogP contribution in [0.1, 0.15) is 0 Å². The van der Waals surface area contributed by atoms with Crippen LogP contribution in [0.5, 0.6) is 0 Å². The van der Waals surface area contributed by atoms with Crippen molar-refractivity contribution in [3.05, 3.63) is 84.9 Å². The first-order valence-electron chi connectivity index (χ1n) is 14.4. The van der Waals surface area contributed by atoms with Crippen molar-refractivity contribution < 1.29 is 4.42 Å². The summed E-state index contributed by atoms with van der Waals surface area (Å²) in [5, 5.41) is 5.97. The molecule has 0 fully saturated rings. The van der Waals surface area contributed by atoms with E-state index in [-0.39, 0.29) is 43.7 Å². The summed E-state index contributed by atoms with van der Waals surface area (Å²) in [7, 11) is 53.9. The summed E-state index contributed by atoms with van der Waals surface area (Å²) in [6.07, 6.45) is 0. The second-order valence-electron chi connectivity index (χ2n) is 11.4. The molecular weight excluding hydrogens is 535 g/mol. The highest BCUT2D eigenvalue weighted by Gasteiger charge is 2.26. The van der Waals surface area contributed by atoms with E-state index in [0.29, 0.717) is 38.3 Å². The first kappa shape index (κ1) is 28.1. The van der Waals surface area contributed by atoms with Crippen LogP contribution in [0, 0.1) is 0 Å². The predicted octanol–water partition coefficient (Wildman–Crippen LogP) is 0.730. The summed E-state index contributed by atoms with van der Waals surface area (Å²) in [6.45, 7) is 0. The molecule has 188 valence electrons. The minimum absolute atomic E-state index is 0.170. The third kappa shape index (κ3) is 3.80. The van der Waals surface area contributed by atoms with Crippen molar-refractivity contribution in [3.8, 4) is 22.3 Å². The molecule has 1 aromatic heterocycles. The summed E-state index contributed by atoms with van der Waals surface area (Å²) in [4.78, 5) is 0. The maximum Gasteiger partial charge on any atom is 0.143 e. The number of fused-ring (bicyclic) bond motifs is 7. The molecule has 0 atom stereocenters. The Labute approximate surface area is 271 Å². The molecule has 0 saturated carbocycles. The van der Waals surface area contributed by atoms with Gasteiger partial charge in [0.1, 0.15) is 73.9 Å². The summed E-state index contributed by atoms with van der Waals surface area (Å²) in [5.74, 6) is 0. The molecule has 0 bridgehead atoms. The van der Waals surface area contributed by atoms with E-state index in [1.165, 1.54) is 0 Å². The van der Waals surface area contributed by atoms with Gasteiger partial charge in [0.15, 0.2) is 0 Å². The van der Waals surface area contributed by atoms with Crippen molar-refractivity contribution in [2.75, 3.05) is 0 Å². The highest BCUT2D eigenvalue weighted by Crippen LogP contribution is 2.46. The minimum atomic E-state index is 0.170. The molecule has 0 aliphatic heterocycles. The van der Waals surface area contributed by atoms with E-state index in [9.17, 15) is 0 Å². The largest absolute Gasteiger partial charge is 0.455 e. The molecule has 16 radical (unpaired) electrons. The summed E-state index contributed by atoms with van der Waals surface area (Å²) < 4.78 is 6.54. The van der Waals surface area contributed by atoms with E-state index >= 15 is 0 Å². The number of furan rings is 1. The van der Waals surface area contributed by atoms with Gasteiger partial charge < -0.3 is 4.42 Å². The van der Waals surface area contributed by atoms with Crippen LogP contribution in [0.25, 0.3) is 76.5 Å². The van der Waals surface area contributed by atoms with E-state index in [1.54, 1.807) is 0 Å². The smallest absolute Gasteiger partial charge is 0.143 e. The lowest BCUT2D eigenvalue weighted by Gasteiger charge is -2.29. The fraction of sp³-hybridized carbons (Fsp3) is 0. The SMILES string of the molecule is [B]c1c([B])c([B])c2c(-c3cc4ccccc4c4oc5ccccc5c34)c3c([B])c([B])c([B])c([B])c3c(-c3ccccc3)c2c1[B]. The predicted molar refractivity (Wildman–Crippen MR) is 200 cm³/mol. The molecule has 0 aliphatic rings. The van der Waals surface area contributed by atoms with E-state index in [2.05, 4.69) is 6.07 Å². The number of benzene rings is 7. The monoisotopic (exact) mass is 550 g/mol. The van der Waals surface area contributed by atoms with Crippen LogP contribution in [0.4, 0.5) is 0 Å². The zero-order chi connectivity index (χ0) is 31.3. The van der Waals surface area contributed by atoms with Crippen LogP contribution in [-0.2, 0) is 0 Å². The highest BCUT2D eigenvalue weighted by molar-refractivity contribution is 6.71. The normalized spacial score (nSPS) is 11.8. The molecule has 0 aliphatic carbocycles. The van der Waals surface area contributed by atoms with Crippen LogP contribution in [-0.4, -0.2) is 62.8 Å². The Bertz CT molecular complexity index is 2490.